The van der Waals surface area contributed by atoms with Crippen LogP contribution < -0.4 is 0 Å². The molecule has 2 saturated carbocycles. The van der Waals surface area contributed by atoms with Crippen LogP contribution in [0.5, 0.6) is 11.5 Å². The highest BCUT2D eigenvalue weighted by Crippen LogP contribution is 2.60. The lowest BCUT2D eigenvalue weighted by Gasteiger charge is -2.57. The molecule has 0 heterocycles. The number of ether oxygens (including phenoxy) is 1. The smallest absolute Gasteiger partial charge is 0.330 e. The second kappa shape index (κ2) is 7.65. The minimum Gasteiger partial charge on any atom is -0.508 e. The number of phenols is 2. The molecule has 0 amide bonds. The van der Waals surface area contributed by atoms with E-state index in [1.807, 2.05) is 0 Å². The summed E-state index contributed by atoms with van der Waals surface area (Å²) in [5, 5.41) is 19.2. The highest BCUT2D eigenvalue weighted by atomic mass is 16.5. The Bertz CT molecular complexity index is 792. The van der Waals surface area contributed by atoms with Gasteiger partial charge in [-0.3, -0.25) is 0 Å². The Morgan fingerprint density at radius 1 is 1.29 bits per heavy atom. The zero-order valence-corrected chi connectivity index (χ0v) is 17.2. The second-order valence-electron chi connectivity index (χ2n) is 9.36. The normalized spacial score (nSPS) is 29.5. The monoisotopic (exact) mass is 384 g/mol. The van der Waals surface area contributed by atoms with Crippen LogP contribution in [0.3, 0.4) is 0 Å². The molecule has 0 saturated heterocycles. The maximum Gasteiger partial charge on any atom is 0.330 e. The van der Waals surface area contributed by atoms with Gasteiger partial charge in [-0.05, 0) is 60.6 Å². The Morgan fingerprint density at radius 3 is 2.75 bits per heavy atom. The molecular formula is C24H32O4. The van der Waals surface area contributed by atoms with Crippen LogP contribution >= 0.6 is 0 Å². The van der Waals surface area contributed by atoms with Crippen LogP contribution in [0.4, 0.5) is 0 Å². The molecule has 3 atom stereocenters. The molecule has 0 aromatic heterocycles. The molecule has 0 radical (unpaired) electrons. The number of aromatic hydroxyl groups is 2. The van der Waals surface area contributed by atoms with Gasteiger partial charge in [0.2, 0.25) is 0 Å². The number of rotatable bonds is 4. The number of benzene rings is 1. The quantitative estimate of drug-likeness (QED) is 0.411. The van der Waals surface area contributed by atoms with E-state index in [2.05, 4.69) is 27.4 Å². The van der Waals surface area contributed by atoms with Crippen LogP contribution in [0.2, 0.25) is 0 Å². The number of fused-ring (bicyclic) bond motifs is 1. The lowest BCUT2D eigenvalue weighted by Crippen LogP contribution is -2.50. The standard InChI is InChI=1S/C24H32O4/c1-16-6-10-21-23(2,3)12-5-13-24(21,4)19(16)15-28-22(27)11-8-17-7-9-18(25)14-20(17)26/h7-9,11,14,19,21,25-26H,1,5-6,10,12-13,15H2,2-4H3/b11-8+/t19-,21-,24-/m0/s1. The van der Waals surface area contributed by atoms with E-state index in [1.165, 1.54) is 49.1 Å². The van der Waals surface area contributed by atoms with Crippen molar-refractivity contribution < 1.29 is 19.7 Å². The zero-order chi connectivity index (χ0) is 20.5. The molecule has 1 aromatic carbocycles. The van der Waals surface area contributed by atoms with Crippen LogP contribution in [0.25, 0.3) is 6.08 Å². The van der Waals surface area contributed by atoms with Crippen LogP contribution in [-0.2, 0) is 9.53 Å². The minimum absolute atomic E-state index is 0.0220. The first kappa shape index (κ1) is 20.5. The first-order valence-corrected chi connectivity index (χ1v) is 10.2. The maximum atomic E-state index is 12.3. The third-order valence-electron chi connectivity index (χ3n) is 7.12. The van der Waals surface area contributed by atoms with Gasteiger partial charge in [-0.25, -0.2) is 4.79 Å². The molecule has 28 heavy (non-hydrogen) atoms. The number of hydrogen-bond donors (Lipinski definition) is 2. The first-order chi connectivity index (χ1) is 13.1. The molecule has 152 valence electrons. The Labute approximate surface area is 167 Å². The number of esters is 1. The predicted molar refractivity (Wildman–Crippen MR) is 111 cm³/mol. The Balaban J connectivity index is 1.67. The van der Waals surface area contributed by atoms with Gasteiger partial charge < -0.3 is 14.9 Å². The highest BCUT2D eigenvalue weighted by molar-refractivity contribution is 5.87. The maximum absolute atomic E-state index is 12.3. The van der Waals surface area contributed by atoms with E-state index in [4.69, 9.17) is 4.74 Å². The molecule has 2 N–H and O–H groups in total. The third-order valence-corrected chi connectivity index (χ3v) is 7.12. The summed E-state index contributed by atoms with van der Waals surface area (Å²) in [6, 6.07) is 4.25. The van der Waals surface area contributed by atoms with Gasteiger partial charge in [0.05, 0.1) is 6.61 Å². The van der Waals surface area contributed by atoms with Crippen LogP contribution in [0.15, 0.2) is 36.4 Å². The van der Waals surface area contributed by atoms with Gasteiger partial charge in [-0.15, -0.1) is 0 Å². The van der Waals surface area contributed by atoms with Gasteiger partial charge in [0.1, 0.15) is 11.5 Å². The fourth-order valence-electron chi connectivity index (χ4n) is 5.63. The molecule has 2 fully saturated rings. The van der Waals surface area contributed by atoms with Crippen molar-refractivity contribution in [1.29, 1.82) is 0 Å². The Morgan fingerprint density at radius 2 is 2.04 bits per heavy atom. The van der Waals surface area contributed by atoms with Crippen molar-refractivity contribution in [3.8, 4) is 11.5 Å². The fourth-order valence-corrected chi connectivity index (χ4v) is 5.63. The van der Waals surface area contributed by atoms with E-state index in [0.717, 1.165) is 12.8 Å². The van der Waals surface area contributed by atoms with Gasteiger partial charge in [0.25, 0.3) is 0 Å². The molecule has 4 nitrogen and oxygen atoms in total. The molecule has 0 bridgehead atoms. The molecule has 0 unspecified atom stereocenters. The van der Waals surface area contributed by atoms with Crippen LogP contribution in [0.1, 0.15) is 58.4 Å². The lowest BCUT2D eigenvalue weighted by molar-refractivity contribution is -0.143. The summed E-state index contributed by atoms with van der Waals surface area (Å²) in [6.07, 6.45) is 8.61. The van der Waals surface area contributed by atoms with Crippen molar-refractivity contribution >= 4 is 12.0 Å². The van der Waals surface area contributed by atoms with Gasteiger partial charge in [-0.2, -0.15) is 0 Å². The summed E-state index contributed by atoms with van der Waals surface area (Å²) < 4.78 is 5.60. The first-order valence-electron chi connectivity index (χ1n) is 10.2. The molecule has 2 aliphatic rings. The van der Waals surface area contributed by atoms with Crippen molar-refractivity contribution in [3.63, 3.8) is 0 Å². The number of phenolic OH excluding ortho intramolecular Hbond substituents is 2. The summed E-state index contributed by atoms with van der Waals surface area (Å²) in [5.74, 6) is 0.273. The molecule has 3 rings (SSSR count). The second-order valence-corrected chi connectivity index (χ2v) is 9.36. The topological polar surface area (TPSA) is 66.8 Å². The highest BCUT2D eigenvalue weighted by Gasteiger charge is 2.53. The zero-order valence-electron chi connectivity index (χ0n) is 17.2. The summed E-state index contributed by atoms with van der Waals surface area (Å²) >= 11 is 0. The molecule has 2 aliphatic carbocycles. The lowest BCUT2D eigenvalue weighted by atomic mass is 9.48. The van der Waals surface area contributed by atoms with E-state index in [0.29, 0.717) is 23.5 Å². The molecule has 0 aliphatic heterocycles. The Kier molecular flexibility index (Phi) is 5.60. The van der Waals surface area contributed by atoms with Gasteiger partial charge in [-0.1, -0.05) is 39.3 Å². The van der Waals surface area contributed by atoms with E-state index >= 15 is 0 Å². The number of carbonyl (C=O) groups excluding carboxylic acids is 1. The van der Waals surface area contributed by atoms with Gasteiger partial charge in [0.15, 0.2) is 0 Å². The number of hydrogen-bond acceptors (Lipinski definition) is 4. The largest absolute Gasteiger partial charge is 0.508 e. The van der Waals surface area contributed by atoms with E-state index in [1.54, 1.807) is 6.07 Å². The van der Waals surface area contributed by atoms with Crippen molar-refractivity contribution in [1.82, 2.24) is 0 Å². The van der Waals surface area contributed by atoms with Crippen LogP contribution in [0, 0.1) is 22.7 Å². The van der Waals surface area contributed by atoms with Crippen molar-refractivity contribution in [3.05, 3.63) is 42.0 Å². The average molecular weight is 385 g/mol. The predicted octanol–water partition coefficient (Wildman–Crippen LogP) is 5.45. The summed E-state index contributed by atoms with van der Waals surface area (Å²) in [4.78, 5) is 12.3. The van der Waals surface area contributed by atoms with Gasteiger partial charge in [0, 0.05) is 23.6 Å². The molecular weight excluding hydrogens is 352 g/mol. The molecule has 1 aromatic rings. The molecule has 4 heteroatoms. The number of carbonyl (C=O) groups is 1. The summed E-state index contributed by atoms with van der Waals surface area (Å²) in [5.41, 5.74) is 2.09. The van der Waals surface area contributed by atoms with Crippen molar-refractivity contribution in [2.24, 2.45) is 22.7 Å². The summed E-state index contributed by atoms with van der Waals surface area (Å²) in [6.45, 7) is 11.8. The van der Waals surface area contributed by atoms with Crippen LogP contribution in [-0.4, -0.2) is 22.8 Å². The SMILES string of the molecule is C=C1CC[C@H]2C(C)(C)CCC[C@@]2(C)[C@H]1COC(=O)/C=C/c1ccc(O)cc1O. The van der Waals surface area contributed by atoms with E-state index < -0.39 is 5.97 Å². The third kappa shape index (κ3) is 3.96. The van der Waals surface area contributed by atoms with Crippen molar-refractivity contribution in [2.75, 3.05) is 6.61 Å². The van der Waals surface area contributed by atoms with E-state index in [9.17, 15) is 15.0 Å². The summed E-state index contributed by atoms with van der Waals surface area (Å²) in [7, 11) is 0. The average Bonchev–Trinajstić information content (AvgIpc) is 2.59. The fraction of sp³-hybridized carbons (Fsp3) is 0.542. The molecule has 0 spiro atoms. The minimum atomic E-state index is -0.430. The Hall–Kier alpha value is -2.23. The van der Waals surface area contributed by atoms with E-state index in [-0.39, 0.29) is 22.8 Å². The van der Waals surface area contributed by atoms with Gasteiger partial charge >= 0.3 is 5.97 Å². The van der Waals surface area contributed by atoms with Crippen molar-refractivity contribution in [2.45, 2.75) is 52.9 Å².